The summed E-state index contributed by atoms with van der Waals surface area (Å²) in [5, 5.41) is 15.4. The lowest BCUT2D eigenvalue weighted by molar-refractivity contribution is 0.0477. The predicted octanol–water partition coefficient (Wildman–Crippen LogP) is 3.60. The molecule has 2 unspecified atom stereocenters. The van der Waals surface area contributed by atoms with Crippen molar-refractivity contribution in [1.82, 2.24) is 5.32 Å². The number of thiophene rings is 1. The maximum Gasteiger partial charge on any atom is 0.0931 e. The lowest BCUT2D eigenvalue weighted by Crippen LogP contribution is -2.38. The van der Waals surface area contributed by atoms with Crippen molar-refractivity contribution in [2.45, 2.75) is 45.3 Å². The minimum absolute atomic E-state index is 0.229. The zero-order valence-corrected chi connectivity index (χ0v) is 11.7. The Bertz CT molecular complexity index is 325. The van der Waals surface area contributed by atoms with Crippen molar-refractivity contribution in [1.29, 1.82) is 0 Å². The Hall–Kier alpha value is -0.0900. The molecule has 1 aromatic rings. The van der Waals surface area contributed by atoms with Crippen LogP contribution < -0.4 is 5.32 Å². The van der Waals surface area contributed by atoms with Crippen LogP contribution in [0, 0.1) is 0 Å². The van der Waals surface area contributed by atoms with E-state index in [2.05, 4.69) is 24.5 Å². The van der Waals surface area contributed by atoms with Crippen molar-refractivity contribution in [3.05, 3.63) is 21.3 Å². The molecule has 0 saturated carbocycles. The van der Waals surface area contributed by atoms with Gasteiger partial charge in [0.25, 0.3) is 0 Å². The molecule has 1 heterocycles. The third kappa shape index (κ3) is 4.42. The Morgan fingerprint density at radius 1 is 1.62 bits per heavy atom. The van der Waals surface area contributed by atoms with Gasteiger partial charge in [0.15, 0.2) is 0 Å². The van der Waals surface area contributed by atoms with Crippen molar-refractivity contribution >= 4 is 22.9 Å². The Morgan fingerprint density at radius 2 is 2.31 bits per heavy atom. The standard InChI is InChI=1S/C12H20ClNOS/c1-4-5-12(3,15)8-14-9(2)10-6-11(13)16-7-10/h6-7,9,14-15H,4-5,8H2,1-3H3. The highest BCUT2D eigenvalue weighted by Gasteiger charge is 2.20. The maximum absolute atomic E-state index is 10.0. The molecule has 1 aromatic heterocycles. The average Bonchev–Trinajstić information content (AvgIpc) is 2.61. The molecule has 0 aliphatic rings. The van der Waals surface area contributed by atoms with Crippen molar-refractivity contribution in [2.24, 2.45) is 0 Å². The van der Waals surface area contributed by atoms with Gasteiger partial charge >= 0.3 is 0 Å². The third-order valence-corrected chi connectivity index (χ3v) is 3.77. The molecule has 0 saturated heterocycles. The Labute approximate surface area is 107 Å². The molecule has 2 N–H and O–H groups in total. The van der Waals surface area contributed by atoms with Crippen LogP contribution in [0.25, 0.3) is 0 Å². The molecule has 92 valence electrons. The molecular weight excluding hydrogens is 242 g/mol. The van der Waals surface area contributed by atoms with E-state index in [4.69, 9.17) is 11.6 Å². The summed E-state index contributed by atoms with van der Waals surface area (Å²) >= 11 is 7.42. The van der Waals surface area contributed by atoms with Crippen LogP contribution in [0.3, 0.4) is 0 Å². The van der Waals surface area contributed by atoms with Crippen LogP contribution in [-0.4, -0.2) is 17.3 Å². The fraction of sp³-hybridized carbons (Fsp3) is 0.667. The topological polar surface area (TPSA) is 32.3 Å². The van der Waals surface area contributed by atoms with Gasteiger partial charge in [0, 0.05) is 12.6 Å². The first-order valence-electron chi connectivity index (χ1n) is 5.64. The first kappa shape index (κ1) is 14.0. The SMILES string of the molecule is CCCC(C)(O)CNC(C)c1csc(Cl)c1. The number of hydrogen-bond acceptors (Lipinski definition) is 3. The molecule has 0 amide bonds. The van der Waals surface area contributed by atoms with Crippen LogP contribution in [0.1, 0.15) is 45.2 Å². The highest BCUT2D eigenvalue weighted by atomic mass is 35.5. The second kappa shape index (κ2) is 6.01. The van der Waals surface area contributed by atoms with Crippen LogP contribution in [0.15, 0.2) is 11.4 Å². The van der Waals surface area contributed by atoms with Crippen LogP contribution in [-0.2, 0) is 0 Å². The van der Waals surface area contributed by atoms with Crippen LogP contribution in [0.2, 0.25) is 4.34 Å². The molecule has 4 heteroatoms. The van der Waals surface area contributed by atoms with E-state index in [1.54, 1.807) is 0 Å². The normalized spacial score (nSPS) is 17.1. The molecule has 16 heavy (non-hydrogen) atoms. The molecule has 0 radical (unpaired) electrons. The first-order valence-corrected chi connectivity index (χ1v) is 6.90. The number of halogens is 1. The molecule has 0 aliphatic heterocycles. The van der Waals surface area contributed by atoms with Gasteiger partial charge in [-0.1, -0.05) is 24.9 Å². The number of rotatable bonds is 6. The van der Waals surface area contributed by atoms with Gasteiger partial charge in [-0.05, 0) is 37.3 Å². The summed E-state index contributed by atoms with van der Waals surface area (Å²) in [5.41, 5.74) is 0.560. The van der Waals surface area contributed by atoms with Gasteiger partial charge < -0.3 is 10.4 Å². The number of hydrogen-bond donors (Lipinski definition) is 2. The lowest BCUT2D eigenvalue weighted by Gasteiger charge is -2.25. The largest absolute Gasteiger partial charge is 0.389 e. The summed E-state index contributed by atoms with van der Waals surface area (Å²) in [6.45, 7) is 6.64. The predicted molar refractivity (Wildman–Crippen MR) is 71.3 cm³/mol. The molecule has 1 rings (SSSR count). The summed E-state index contributed by atoms with van der Waals surface area (Å²) in [6, 6.07) is 2.20. The monoisotopic (exact) mass is 261 g/mol. The Balaban J connectivity index is 2.43. The zero-order valence-electron chi connectivity index (χ0n) is 10.1. The highest BCUT2D eigenvalue weighted by molar-refractivity contribution is 7.14. The number of nitrogens with one attached hydrogen (secondary N) is 1. The van der Waals surface area contributed by atoms with Crippen LogP contribution in [0.5, 0.6) is 0 Å². The minimum Gasteiger partial charge on any atom is -0.389 e. The van der Waals surface area contributed by atoms with Gasteiger partial charge in [-0.25, -0.2) is 0 Å². The van der Waals surface area contributed by atoms with E-state index < -0.39 is 5.60 Å². The fourth-order valence-corrected chi connectivity index (χ4v) is 2.65. The van der Waals surface area contributed by atoms with Gasteiger partial charge in [-0.2, -0.15) is 0 Å². The van der Waals surface area contributed by atoms with E-state index in [-0.39, 0.29) is 6.04 Å². The first-order chi connectivity index (χ1) is 7.44. The maximum atomic E-state index is 10.0. The lowest BCUT2D eigenvalue weighted by atomic mass is 10.00. The van der Waals surface area contributed by atoms with E-state index in [1.807, 2.05) is 13.0 Å². The summed E-state index contributed by atoms with van der Waals surface area (Å²) in [4.78, 5) is 0. The van der Waals surface area contributed by atoms with Crippen molar-refractivity contribution in [3.63, 3.8) is 0 Å². The summed E-state index contributed by atoms with van der Waals surface area (Å²) in [7, 11) is 0. The Kier molecular flexibility index (Phi) is 5.25. The average molecular weight is 262 g/mol. The smallest absolute Gasteiger partial charge is 0.0931 e. The third-order valence-electron chi connectivity index (χ3n) is 2.67. The van der Waals surface area contributed by atoms with E-state index in [1.165, 1.54) is 16.9 Å². The second-order valence-electron chi connectivity index (χ2n) is 4.53. The molecular formula is C12H20ClNOS. The summed E-state index contributed by atoms with van der Waals surface area (Å²) in [5.74, 6) is 0. The number of aliphatic hydroxyl groups is 1. The van der Waals surface area contributed by atoms with Crippen LogP contribution >= 0.6 is 22.9 Å². The van der Waals surface area contributed by atoms with E-state index in [0.717, 1.165) is 17.2 Å². The molecule has 0 spiro atoms. The van der Waals surface area contributed by atoms with Gasteiger partial charge in [0.2, 0.25) is 0 Å². The molecule has 2 atom stereocenters. The van der Waals surface area contributed by atoms with E-state index >= 15 is 0 Å². The molecule has 0 bridgehead atoms. The minimum atomic E-state index is -0.622. The van der Waals surface area contributed by atoms with E-state index in [0.29, 0.717) is 6.54 Å². The second-order valence-corrected chi connectivity index (χ2v) is 6.08. The Morgan fingerprint density at radius 3 is 2.81 bits per heavy atom. The molecule has 0 aliphatic carbocycles. The quantitative estimate of drug-likeness (QED) is 0.820. The van der Waals surface area contributed by atoms with Crippen LogP contribution in [0.4, 0.5) is 0 Å². The zero-order chi connectivity index (χ0) is 12.2. The fourth-order valence-electron chi connectivity index (χ4n) is 1.67. The highest BCUT2D eigenvalue weighted by Crippen LogP contribution is 2.25. The van der Waals surface area contributed by atoms with Crippen molar-refractivity contribution in [2.75, 3.05) is 6.54 Å². The molecule has 0 aromatic carbocycles. The van der Waals surface area contributed by atoms with E-state index in [9.17, 15) is 5.11 Å². The van der Waals surface area contributed by atoms with Gasteiger partial charge in [0.05, 0.1) is 9.94 Å². The van der Waals surface area contributed by atoms with Gasteiger partial charge in [0.1, 0.15) is 0 Å². The molecule has 2 nitrogen and oxygen atoms in total. The summed E-state index contributed by atoms with van der Waals surface area (Å²) < 4.78 is 0.809. The van der Waals surface area contributed by atoms with Crippen molar-refractivity contribution < 1.29 is 5.11 Å². The summed E-state index contributed by atoms with van der Waals surface area (Å²) in [6.07, 6.45) is 1.81. The van der Waals surface area contributed by atoms with Gasteiger partial charge in [-0.3, -0.25) is 0 Å². The molecule has 0 fully saturated rings. The van der Waals surface area contributed by atoms with Crippen molar-refractivity contribution in [3.8, 4) is 0 Å². The van der Waals surface area contributed by atoms with Gasteiger partial charge in [-0.15, -0.1) is 11.3 Å².